The maximum atomic E-state index is 5.57. The summed E-state index contributed by atoms with van der Waals surface area (Å²) in [5, 5.41) is 3.36. The van der Waals surface area contributed by atoms with Gasteiger partial charge in [0, 0.05) is 13.7 Å². The molecule has 1 aromatic rings. The van der Waals surface area contributed by atoms with E-state index in [0.29, 0.717) is 0 Å². The van der Waals surface area contributed by atoms with E-state index in [4.69, 9.17) is 9.47 Å². The number of unbranched alkanes of at least 4 members (excludes halogenated alkanes) is 1. The maximum Gasteiger partial charge on any atom is 0.119 e. The molecule has 3 nitrogen and oxygen atoms in total. The van der Waals surface area contributed by atoms with E-state index < -0.39 is 0 Å². The van der Waals surface area contributed by atoms with Gasteiger partial charge in [-0.1, -0.05) is 19.1 Å². The third kappa shape index (κ3) is 7.85. The first kappa shape index (κ1) is 16.0. The Morgan fingerprint density at radius 3 is 2.47 bits per heavy atom. The summed E-state index contributed by atoms with van der Waals surface area (Å²) in [5.41, 5.74) is 1.39. The van der Waals surface area contributed by atoms with Crippen LogP contribution in [0.1, 0.15) is 31.7 Å². The van der Waals surface area contributed by atoms with Crippen LogP contribution < -0.4 is 10.1 Å². The van der Waals surface area contributed by atoms with Gasteiger partial charge in [0.15, 0.2) is 0 Å². The highest BCUT2D eigenvalue weighted by molar-refractivity contribution is 5.27. The van der Waals surface area contributed by atoms with Gasteiger partial charge in [-0.2, -0.15) is 0 Å². The van der Waals surface area contributed by atoms with Gasteiger partial charge in [-0.05, 0) is 49.9 Å². The molecule has 0 fully saturated rings. The van der Waals surface area contributed by atoms with Crippen LogP contribution in [0.2, 0.25) is 0 Å². The molecule has 0 aliphatic carbocycles. The van der Waals surface area contributed by atoms with E-state index in [1.165, 1.54) is 18.4 Å². The molecule has 0 radical (unpaired) electrons. The quantitative estimate of drug-likeness (QED) is 0.624. The fraction of sp³-hybridized carbons (Fsp3) is 0.625. The summed E-state index contributed by atoms with van der Waals surface area (Å²) in [6, 6.07) is 8.48. The maximum absolute atomic E-state index is 5.57. The fourth-order valence-corrected chi connectivity index (χ4v) is 1.85. The number of methoxy groups -OCH3 is 1. The van der Waals surface area contributed by atoms with Crippen molar-refractivity contribution in [2.45, 2.75) is 32.6 Å². The first-order valence-corrected chi connectivity index (χ1v) is 7.28. The molecular weight excluding hydrogens is 238 g/mol. The van der Waals surface area contributed by atoms with Crippen molar-refractivity contribution >= 4 is 0 Å². The molecule has 0 aliphatic rings. The van der Waals surface area contributed by atoms with Crippen LogP contribution in [0.5, 0.6) is 5.75 Å². The van der Waals surface area contributed by atoms with Crippen LogP contribution in [-0.2, 0) is 11.2 Å². The van der Waals surface area contributed by atoms with E-state index in [-0.39, 0.29) is 0 Å². The third-order valence-electron chi connectivity index (χ3n) is 2.95. The van der Waals surface area contributed by atoms with E-state index in [1.807, 2.05) is 0 Å². The Labute approximate surface area is 117 Å². The average Bonchev–Trinajstić information content (AvgIpc) is 2.45. The van der Waals surface area contributed by atoms with Gasteiger partial charge in [0.1, 0.15) is 5.75 Å². The number of hydrogen-bond donors (Lipinski definition) is 1. The first-order valence-electron chi connectivity index (χ1n) is 7.28. The number of nitrogens with one attached hydrogen (secondary N) is 1. The normalized spacial score (nSPS) is 10.6. The van der Waals surface area contributed by atoms with Crippen molar-refractivity contribution in [1.29, 1.82) is 0 Å². The zero-order chi connectivity index (χ0) is 13.8. The number of aryl methyl sites for hydroxylation is 1. The second kappa shape index (κ2) is 10.8. The Morgan fingerprint density at radius 2 is 1.79 bits per heavy atom. The van der Waals surface area contributed by atoms with Crippen molar-refractivity contribution in [3.8, 4) is 5.75 Å². The van der Waals surface area contributed by atoms with Crippen molar-refractivity contribution in [3.63, 3.8) is 0 Å². The van der Waals surface area contributed by atoms with Crippen LogP contribution in [0.15, 0.2) is 24.3 Å². The lowest BCUT2D eigenvalue weighted by Gasteiger charge is -2.06. The van der Waals surface area contributed by atoms with Gasteiger partial charge in [0.05, 0.1) is 13.2 Å². The highest BCUT2D eigenvalue weighted by Gasteiger charge is 1.96. The van der Waals surface area contributed by atoms with E-state index in [9.17, 15) is 0 Å². The molecule has 0 aliphatic heterocycles. The Bertz CT molecular complexity index is 311. The lowest BCUT2D eigenvalue weighted by Crippen LogP contribution is -2.20. The molecule has 1 rings (SSSR count). The summed E-state index contributed by atoms with van der Waals surface area (Å²) in [6.07, 6.45) is 4.62. The standard InChI is InChI=1S/C16H27NO2/c1-3-13-19-16-9-7-15(8-10-16)6-4-5-11-17-12-14-18-2/h7-10,17H,3-6,11-14H2,1-2H3. The Hall–Kier alpha value is -1.06. The van der Waals surface area contributed by atoms with Gasteiger partial charge in [-0.3, -0.25) is 0 Å². The molecule has 0 saturated heterocycles. The highest BCUT2D eigenvalue weighted by atomic mass is 16.5. The van der Waals surface area contributed by atoms with Crippen molar-refractivity contribution < 1.29 is 9.47 Å². The molecule has 0 aromatic heterocycles. The molecular formula is C16H27NO2. The largest absolute Gasteiger partial charge is 0.494 e. The number of ether oxygens (including phenoxy) is 2. The van der Waals surface area contributed by atoms with E-state index in [2.05, 4.69) is 36.5 Å². The fourth-order valence-electron chi connectivity index (χ4n) is 1.85. The van der Waals surface area contributed by atoms with Crippen molar-refractivity contribution in [2.75, 3.05) is 33.4 Å². The second-order valence-electron chi connectivity index (χ2n) is 4.69. The van der Waals surface area contributed by atoms with Crippen LogP contribution in [0, 0.1) is 0 Å². The van der Waals surface area contributed by atoms with Crippen LogP contribution in [0.3, 0.4) is 0 Å². The molecule has 0 bridgehead atoms. The minimum absolute atomic E-state index is 0.791. The number of rotatable bonds is 11. The molecule has 0 amide bonds. The van der Waals surface area contributed by atoms with Crippen LogP contribution in [-0.4, -0.2) is 33.4 Å². The highest BCUT2D eigenvalue weighted by Crippen LogP contribution is 2.14. The minimum atomic E-state index is 0.791. The summed E-state index contributed by atoms with van der Waals surface area (Å²) in [7, 11) is 1.73. The van der Waals surface area contributed by atoms with Crippen molar-refractivity contribution in [1.82, 2.24) is 5.32 Å². The van der Waals surface area contributed by atoms with Gasteiger partial charge in [0.2, 0.25) is 0 Å². The van der Waals surface area contributed by atoms with Crippen molar-refractivity contribution in [3.05, 3.63) is 29.8 Å². The van der Waals surface area contributed by atoms with Crippen LogP contribution in [0.25, 0.3) is 0 Å². The van der Waals surface area contributed by atoms with Gasteiger partial charge in [-0.25, -0.2) is 0 Å². The Balaban J connectivity index is 2.09. The molecule has 0 atom stereocenters. The second-order valence-corrected chi connectivity index (χ2v) is 4.69. The van der Waals surface area contributed by atoms with Gasteiger partial charge < -0.3 is 14.8 Å². The topological polar surface area (TPSA) is 30.5 Å². The molecule has 108 valence electrons. The molecule has 3 heteroatoms. The van der Waals surface area contributed by atoms with Crippen LogP contribution in [0.4, 0.5) is 0 Å². The monoisotopic (exact) mass is 265 g/mol. The minimum Gasteiger partial charge on any atom is -0.494 e. The average molecular weight is 265 g/mol. The van der Waals surface area contributed by atoms with Crippen LogP contribution >= 0.6 is 0 Å². The summed E-state index contributed by atoms with van der Waals surface area (Å²) in [5.74, 6) is 0.979. The number of hydrogen-bond acceptors (Lipinski definition) is 3. The summed E-state index contributed by atoms with van der Waals surface area (Å²) in [6.45, 7) is 5.72. The summed E-state index contributed by atoms with van der Waals surface area (Å²) in [4.78, 5) is 0. The third-order valence-corrected chi connectivity index (χ3v) is 2.95. The molecule has 0 spiro atoms. The molecule has 1 N–H and O–H groups in total. The molecule has 0 unspecified atom stereocenters. The summed E-state index contributed by atoms with van der Waals surface area (Å²) < 4.78 is 10.6. The zero-order valence-electron chi connectivity index (χ0n) is 12.3. The predicted octanol–water partition coefficient (Wildman–Crippen LogP) is 3.03. The Kier molecular flexibility index (Phi) is 9.11. The molecule has 19 heavy (non-hydrogen) atoms. The van der Waals surface area contributed by atoms with Gasteiger partial charge >= 0.3 is 0 Å². The van der Waals surface area contributed by atoms with E-state index in [1.54, 1.807) is 7.11 Å². The molecule has 0 heterocycles. The molecule has 1 aromatic carbocycles. The van der Waals surface area contributed by atoms with Gasteiger partial charge in [-0.15, -0.1) is 0 Å². The zero-order valence-corrected chi connectivity index (χ0v) is 12.3. The van der Waals surface area contributed by atoms with Crippen molar-refractivity contribution in [2.24, 2.45) is 0 Å². The van der Waals surface area contributed by atoms with Gasteiger partial charge in [0.25, 0.3) is 0 Å². The lowest BCUT2D eigenvalue weighted by molar-refractivity contribution is 0.199. The smallest absolute Gasteiger partial charge is 0.119 e. The SMILES string of the molecule is CCCOc1ccc(CCCCNCCOC)cc1. The molecule has 0 saturated carbocycles. The Morgan fingerprint density at radius 1 is 1.00 bits per heavy atom. The predicted molar refractivity (Wildman–Crippen MR) is 79.9 cm³/mol. The number of benzene rings is 1. The van der Waals surface area contributed by atoms with E-state index in [0.717, 1.165) is 44.9 Å². The summed E-state index contributed by atoms with van der Waals surface area (Å²) >= 11 is 0. The van der Waals surface area contributed by atoms with E-state index >= 15 is 0 Å². The first-order chi connectivity index (χ1) is 9.36. The lowest BCUT2D eigenvalue weighted by atomic mass is 10.1.